The number of ether oxygens (including phenoxy) is 1. The van der Waals surface area contributed by atoms with Crippen molar-refractivity contribution in [2.45, 2.75) is 44.9 Å². The minimum Gasteiger partial charge on any atom is -0.373 e. The highest BCUT2D eigenvalue weighted by Gasteiger charge is 2.41. The van der Waals surface area contributed by atoms with Crippen LogP contribution in [-0.4, -0.2) is 36.6 Å². The smallest absolute Gasteiger partial charge is 0.249 e. The van der Waals surface area contributed by atoms with E-state index in [1.807, 2.05) is 44.2 Å². The Hall–Kier alpha value is -2.14. The summed E-state index contributed by atoms with van der Waals surface area (Å²) in [4.78, 5) is 27.1. The Bertz CT molecular complexity index is 643. The van der Waals surface area contributed by atoms with Crippen molar-refractivity contribution >= 4 is 17.5 Å². The van der Waals surface area contributed by atoms with E-state index in [2.05, 4.69) is 11.9 Å². The molecule has 2 unspecified atom stereocenters. The predicted octanol–water partition coefficient (Wildman–Crippen LogP) is 2.28. The molecule has 1 aromatic rings. The van der Waals surface area contributed by atoms with Crippen molar-refractivity contribution in [3.8, 4) is 0 Å². The molecule has 2 fully saturated rings. The Labute approximate surface area is 142 Å². The standard InChI is InChI=1S/C19H24N2O3/c1-12(2)17-15(9-10-24-17)18(22)20-16-11-13(3)21(19(16)23)14-7-5-4-6-8-14/h4-8,13,15-17H,1,9-11H2,2-3H3,(H,20,22)/t13?,15-,16?,17-/m1/s1. The molecule has 2 heterocycles. The Balaban J connectivity index is 1.69. The van der Waals surface area contributed by atoms with Crippen molar-refractivity contribution in [3.05, 3.63) is 42.5 Å². The van der Waals surface area contributed by atoms with Gasteiger partial charge in [-0.2, -0.15) is 0 Å². The zero-order valence-electron chi connectivity index (χ0n) is 14.2. The fraction of sp³-hybridized carbons (Fsp3) is 0.474. The van der Waals surface area contributed by atoms with Gasteiger partial charge in [0.05, 0.1) is 12.0 Å². The van der Waals surface area contributed by atoms with E-state index in [1.165, 1.54) is 0 Å². The molecular weight excluding hydrogens is 304 g/mol. The van der Waals surface area contributed by atoms with Crippen molar-refractivity contribution < 1.29 is 14.3 Å². The molecule has 5 nitrogen and oxygen atoms in total. The van der Waals surface area contributed by atoms with Crippen LogP contribution in [0.4, 0.5) is 5.69 Å². The molecule has 128 valence electrons. The molecule has 0 bridgehead atoms. The molecule has 24 heavy (non-hydrogen) atoms. The molecule has 2 aliphatic heterocycles. The molecule has 4 atom stereocenters. The summed E-state index contributed by atoms with van der Waals surface area (Å²) in [5, 5.41) is 2.93. The average Bonchev–Trinajstić information content (AvgIpc) is 3.14. The van der Waals surface area contributed by atoms with Gasteiger partial charge in [-0.15, -0.1) is 0 Å². The van der Waals surface area contributed by atoms with Crippen LogP contribution in [-0.2, 0) is 14.3 Å². The van der Waals surface area contributed by atoms with E-state index in [-0.39, 0.29) is 29.9 Å². The van der Waals surface area contributed by atoms with E-state index in [9.17, 15) is 9.59 Å². The minimum atomic E-state index is -0.473. The topological polar surface area (TPSA) is 58.6 Å². The Morgan fingerprint density at radius 1 is 1.33 bits per heavy atom. The highest BCUT2D eigenvalue weighted by Crippen LogP contribution is 2.29. The summed E-state index contributed by atoms with van der Waals surface area (Å²) >= 11 is 0. The highest BCUT2D eigenvalue weighted by molar-refractivity contribution is 6.02. The highest BCUT2D eigenvalue weighted by atomic mass is 16.5. The average molecular weight is 328 g/mol. The van der Waals surface area contributed by atoms with Gasteiger partial charge in [-0.25, -0.2) is 0 Å². The second-order valence-electron chi connectivity index (χ2n) is 6.72. The first-order chi connectivity index (χ1) is 11.5. The van der Waals surface area contributed by atoms with Crippen LogP contribution in [0, 0.1) is 5.92 Å². The van der Waals surface area contributed by atoms with Crippen molar-refractivity contribution in [2.75, 3.05) is 11.5 Å². The zero-order chi connectivity index (χ0) is 17.3. The molecule has 0 aliphatic carbocycles. The van der Waals surface area contributed by atoms with Crippen molar-refractivity contribution in [1.29, 1.82) is 0 Å². The van der Waals surface area contributed by atoms with Crippen LogP contribution >= 0.6 is 0 Å². The van der Waals surface area contributed by atoms with E-state index in [1.54, 1.807) is 4.90 Å². The summed E-state index contributed by atoms with van der Waals surface area (Å²) in [6, 6.07) is 9.16. The number of amides is 2. The van der Waals surface area contributed by atoms with E-state index >= 15 is 0 Å². The molecule has 1 aromatic carbocycles. The number of benzene rings is 1. The van der Waals surface area contributed by atoms with Crippen molar-refractivity contribution in [3.63, 3.8) is 0 Å². The number of nitrogens with zero attached hydrogens (tertiary/aromatic N) is 1. The van der Waals surface area contributed by atoms with E-state index in [4.69, 9.17) is 4.74 Å². The second-order valence-corrected chi connectivity index (χ2v) is 6.72. The molecule has 5 heteroatoms. The van der Waals surface area contributed by atoms with E-state index in [0.29, 0.717) is 19.4 Å². The third-order valence-corrected chi connectivity index (χ3v) is 4.82. The minimum absolute atomic E-state index is 0.0483. The third kappa shape index (κ3) is 3.08. The molecule has 0 aromatic heterocycles. The van der Waals surface area contributed by atoms with Gasteiger partial charge in [0.1, 0.15) is 6.04 Å². The van der Waals surface area contributed by atoms with Gasteiger partial charge < -0.3 is 15.0 Å². The van der Waals surface area contributed by atoms with Gasteiger partial charge in [0.2, 0.25) is 11.8 Å². The monoisotopic (exact) mass is 328 g/mol. The maximum atomic E-state index is 12.7. The van der Waals surface area contributed by atoms with Crippen molar-refractivity contribution in [1.82, 2.24) is 5.32 Å². The molecule has 2 aliphatic rings. The Morgan fingerprint density at radius 3 is 2.71 bits per heavy atom. The van der Waals surface area contributed by atoms with Gasteiger partial charge >= 0.3 is 0 Å². The quantitative estimate of drug-likeness (QED) is 0.863. The van der Waals surface area contributed by atoms with Crippen molar-refractivity contribution in [2.24, 2.45) is 5.92 Å². The number of hydrogen-bond acceptors (Lipinski definition) is 3. The molecule has 2 saturated heterocycles. The number of anilines is 1. The summed E-state index contributed by atoms with van der Waals surface area (Å²) in [5.74, 6) is -0.412. The summed E-state index contributed by atoms with van der Waals surface area (Å²) in [7, 11) is 0. The number of nitrogens with one attached hydrogen (secondary N) is 1. The fourth-order valence-electron chi connectivity index (χ4n) is 3.65. The Morgan fingerprint density at radius 2 is 2.04 bits per heavy atom. The van der Waals surface area contributed by atoms with E-state index in [0.717, 1.165) is 11.3 Å². The normalized spacial score (nSPS) is 29.8. The van der Waals surface area contributed by atoms with Crippen LogP contribution in [0.25, 0.3) is 0 Å². The molecule has 0 spiro atoms. The molecule has 2 amide bonds. The maximum Gasteiger partial charge on any atom is 0.249 e. The van der Waals surface area contributed by atoms with Gasteiger partial charge in [0.25, 0.3) is 0 Å². The SMILES string of the molecule is C=C(C)[C@H]1OCC[C@H]1C(=O)NC1CC(C)N(c2ccccc2)C1=O. The second kappa shape index (κ2) is 6.77. The largest absolute Gasteiger partial charge is 0.373 e. The maximum absolute atomic E-state index is 12.7. The van der Waals surface area contributed by atoms with Crippen LogP contribution in [0.1, 0.15) is 26.7 Å². The predicted molar refractivity (Wildman–Crippen MR) is 92.6 cm³/mol. The first-order valence-corrected chi connectivity index (χ1v) is 8.44. The van der Waals surface area contributed by atoms with Gasteiger partial charge in [0, 0.05) is 18.3 Å². The summed E-state index contributed by atoms with van der Waals surface area (Å²) < 4.78 is 5.60. The summed E-state index contributed by atoms with van der Waals surface area (Å²) in [6.45, 7) is 8.33. The number of rotatable bonds is 4. The molecule has 0 radical (unpaired) electrons. The molecule has 3 rings (SSSR count). The molecule has 0 saturated carbocycles. The van der Waals surface area contributed by atoms with Crippen LogP contribution in [0.3, 0.4) is 0 Å². The molecular formula is C19H24N2O3. The lowest BCUT2D eigenvalue weighted by molar-refractivity contribution is -0.130. The fourth-order valence-corrected chi connectivity index (χ4v) is 3.65. The van der Waals surface area contributed by atoms with Crippen LogP contribution in [0.5, 0.6) is 0 Å². The lowest BCUT2D eigenvalue weighted by Crippen LogP contribution is -2.45. The Kier molecular flexibility index (Phi) is 4.71. The number of hydrogen-bond donors (Lipinski definition) is 1. The number of para-hydroxylation sites is 1. The van der Waals surface area contributed by atoms with Gasteiger partial charge in [-0.3, -0.25) is 9.59 Å². The first kappa shape index (κ1) is 16.7. The van der Waals surface area contributed by atoms with E-state index < -0.39 is 6.04 Å². The lowest BCUT2D eigenvalue weighted by atomic mass is 9.95. The zero-order valence-corrected chi connectivity index (χ0v) is 14.2. The summed E-state index contributed by atoms with van der Waals surface area (Å²) in [5.41, 5.74) is 1.72. The van der Waals surface area contributed by atoms with Gasteiger partial charge in [-0.1, -0.05) is 30.4 Å². The third-order valence-electron chi connectivity index (χ3n) is 4.82. The van der Waals surface area contributed by atoms with Crippen LogP contribution < -0.4 is 10.2 Å². The van der Waals surface area contributed by atoms with Gasteiger partial charge in [0.15, 0.2) is 0 Å². The van der Waals surface area contributed by atoms with Crippen LogP contribution in [0.15, 0.2) is 42.5 Å². The van der Waals surface area contributed by atoms with Crippen LogP contribution in [0.2, 0.25) is 0 Å². The first-order valence-electron chi connectivity index (χ1n) is 8.44. The van der Waals surface area contributed by atoms with Gasteiger partial charge in [-0.05, 0) is 38.8 Å². The lowest BCUT2D eigenvalue weighted by Gasteiger charge is -2.22. The summed E-state index contributed by atoms with van der Waals surface area (Å²) in [6.07, 6.45) is 1.04. The number of carbonyl (C=O) groups excluding carboxylic acids is 2. The molecule has 1 N–H and O–H groups in total. The number of carbonyl (C=O) groups is 2.